The first-order valence-corrected chi connectivity index (χ1v) is 9.63. The molecule has 1 saturated carbocycles. The Labute approximate surface area is 146 Å². The minimum atomic E-state index is -0.446. The van der Waals surface area contributed by atoms with Gasteiger partial charge in [-0.05, 0) is 24.3 Å². The fourth-order valence-electron chi connectivity index (χ4n) is 3.51. The number of rotatable bonds is 7. The molecule has 4 rings (SSSR count). The highest BCUT2D eigenvalue weighted by Gasteiger charge is 2.32. The Morgan fingerprint density at radius 1 is 1.46 bits per heavy atom. The first-order chi connectivity index (χ1) is 11.7. The van der Waals surface area contributed by atoms with Gasteiger partial charge in [-0.25, -0.2) is 4.98 Å². The van der Waals surface area contributed by atoms with Crippen LogP contribution in [-0.4, -0.2) is 45.4 Å². The molecule has 0 amide bonds. The van der Waals surface area contributed by atoms with Crippen molar-refractivity contribution in [2.24, 2.45) is 7.05 Å². The highest BCUT2D eigenvalue weighted by molar-refractivity contribution is 7.09. The molecule has 1 aliphatic carbocycles. The molecule has 1 aliphatic heterocycles. The second-order valence-corrected chi connectivity index (χ2v) is 7.96. The molecule has 2 aromatic rings. The number of nitrogens with zero attached hydrogens (tertiary/aromatic N) is 3. The Morgan fingerprint density at radius 2 is 2.33 bits per heavy atom. The van der Waals surface area contributed by atoms with Gasteiger partial charge in [0, 0.05) is 49.6 Å². The van der Waals surface area contributed by atoms with Gasteiger partial charge >= 0.3 is 0 Å². The van der Waals surface area contributed by atoms with E-state index < -0.39 is 6.10 Å². The zero-order chi connectivity index (χ0) is 16.5. The molecule has 1 fully saturated rings. The van der Waals surface area contributed by atoms with Gasteiger partial charge in [-0.3, -0.25) is 4.90 Å². The number of aromatic nitrogens is 2. The number of thiophene rings is 1. The molecule has 0 spiro atoms. The van der Waals surface area contributed by atoms with E-state index in [4.69, 9.17) is 9.72 Å². The lowest BCUT2D eigenvalue weighted by molar-refractivity contribution is 0.00820. The van der Waals surface area contributed by atoms with Gasteiger partial charge in [-0.15, -0.1) is 11.3 Å². The van der Waals surface area contributed by atoms with E-state index in [1.165, 1.54) is 34.9 Å². The first-order valence-electron chi connectivity index (χ1n) is 8.75. The minimum Gasteiger partial charge on any atom is -0.389 e. The monoisotopic (exact) mass is 347 g/mol. The molecule has 1 N–H and O–H groups in total. The van der Waals surface area contributed by atoms with Crippen molar-refractivity contribution in [2.45, 2.75) is 44.4 Å². The van der Waals surface area contributed by atoms with Crippen molar-refractivity contribution in [1.82, 2.24) is 14.5 Å². The van der Waals surface area contributed by atoms with Gasteiger partial charge in [0.05, 0.1) is 25.0 Å². The molecule has 5 nitrogen and oxygen atoms in total. The molecule has 24 heavy (non-hydrogen) atoms. The topological polar surface area (TPSA) is 50.5 Å². The van der Waals surface area contributed by atoms with E-state index in [1.807, 2.05) is 11.4 Å². The summed E-state index contributed by atoms with van der Waals surface area (Å²) in [5, 5.41) is 12.3. The van der Waals surface area contributed by atoms with Crippen molar-refractivity contribution < 1.29 is 9.84 Å². The summed E-state index contributed by atoms with van der Waals surface area (Å²) in [6.07, 6.45) is 3.15. The van der Waals surface area contributed by atoms with Gasteiger partial charge < -0.3 is 14.4 Å². The molecule has 1 atom stereocenters. The molecule has 0 bridgehead atoms. The molecule has 0 unspecified atom stereocenters. The van der Waals surface area contributed by atoms with Crippen LogP contribution in [0.1, 0.15) is 40.8 Å². The van der Waals surface area contributed by atoms with Gasteiger partial charge in [0.1, 0.15) is 5.82 Å². The van der Waals surface area contributed by atoms with Gasteiger partial charge in [-0.1, -0.05) is 6.07 Å². The molecule has 3 heterocycles. The average Bonchev–Trinajstić information content (AvgIpc) is 3.18. The zero-order valence-corrected chi connectivity index (χ0v) is 15.0. The predicted molar refractivity (Wildman–Crippen MR) is 94.1 cm³/mol. The third kappa shape index (κ3) is 3.57. The van der Waals surface area contributed by atoms with E-state index in [1.54, 1.807) is 11.3 Å². The smallest absolute Gasteiger partial charge is 0.112 e. The largest absolute Gasteiger partial charge is 0.389 e. The maximum Gasteiger partial charge on any atom is 0.112 e. The van der Waals surface area contributed by atoms with Crippen LogP contribution in [0.3, 0.4) is 0 Å². The van der Waals surface area contributed by atoms with Gasteiger partial charge in [0.2, 0.25) is 0 Å². The number of imidazole rings is 1. The molecule has 0 radical (unpaired) electrons. The molecule has 130 valence electrons. The van der Waals surface area contributed by atoms with Crippen LogP contribution in [0.25, 0.3) is 0 Å². The lowest BCUT2D eigenvalue weighted by Crippen LogP contribution is -2.38. The van der Waals surface area contributed by atoms with Crippen LogP contribution in [0.4, 0.5) is 0 Å². The third-order valence-electron chi connectivity index (χ3n) is 4.92. The third-order valence-corrected chi connectivity index (χ3v) is 5.77. The van der Waals surface area contributed by atoms with Crippen molar-refractivity contribution in [3.05, 3.63) is 39.6 Å². The average molecular weight is 347 g/mol. The Hall–Kier alpha value is -1.21. The molecule has 2 aliphatic rings. The standard InChI is InChI=1S/C18H25N3O2S/c1-20-17-6-7-21(10-16(17)19-18(20)13-4-5-13)9-14(22)11-23-12-15-3-2-8-24-15/h2-3,8,13-14,22H,4-7,9-12H2,1H3/t14-/m1/s1. The second kappa shape index (κ2) is 6.96. The maximum atomic E-state index is 10.2. The summed E-state index contributed by atoms with van der Waals surface area (Å²) in [6.45, 7) is 3.45. The van der Waals surface area contributed by atoms with Crippen molar-refractivity contribution in [3.8, 4) is 0 Å². The first kappa shape index (κ1) is 16.3. The zero-order valence-electron chi connectivity index (χ0n) is 14.1. The highest BCUT2D eigenvalue weighted by Crippen LogP contribution is 2.40. The number of fused-ring (bicyclic) bond motifs is 1. The fraction of sp³-hybridized carbons (Fsp3) is 0.611. The fourth-order valence-corrected chi connectivity index (χ4v) is 4.15. The van der Waals surface area contributed by atoms with Crippen LogP contribution < -0.4 is 0 Å². The number of aliphatic hydroxyl groups excluding tert-OH is 1. The summed E-state index contributed by atoms with van der Waals surface area (Å²) in [4.78, 5) is 8.37. The quantitative estimate of drug-likeness (QED) is 0.835. The van der Waals surface area contributed by atoms with Crippen molar-refractivity contribution in [2.75, 3.05) is 19.7 Å². The number of hydrogen-bond acceptors (Lipinski definition) is 5. The van der Waals surface area contributed by atoms with Crippen LogP contribution in [0, 0.1) is 0 Å². The van der Waals surface area contributed by atoms with Gasteiger partial charge in [0.25, 0.3) is 0 Å². The normalized spacial score (nSPS) is 19.4. The minimum absolute atomic E-state index is 0.386. The summed E-state index contributed by atoms with van der Waals surface area (Å²) in [7, 11) is 2.16. The maximum absolute atomic E-state index is 10.2. The van der Waals surface area contributed by atoms with Crippen LogP contribution >= 0.6 is 11.3 Å². The predicted octanol–water partition coefficient (Wildman–Crippen LogP) is 2.29. The number of hydrogen-bond donors (Lipinski definition) is 1. The Bertz CT molecular complexity index is 679. The lowest BCUT2D eigenvalue weighted by atomic mass is 10.1. The van der Waals surface area contributed by atoms with Crippen molar-refractivity contribution >= 4 is 11.3 Å². The summed E-state index contributed by atoms with van der Waals surface area (Å²) >= 11 is 1.69. The Kier molecular flexibility index (Phi) is 4.72. The molecular weight excluding hydrogens is 322 g/mol. The highest BCUT2D eigenvalue weighted by atomic mass is 32.1. The van der Waals surface area contributed by atoms with Gasteiger partial charge in [0.15, 0.2) is 0 Å². The summed E-state index contributed by atoms with van der Waals surface area (Å²) in [5.41, 5.74) is 2.59. The van der Waals surface area contributed by atoms with Crippen LogP contribution in [0.5, 0.6) is 0 Å². The SMILES string of the molecule is Cn1c(C2CC2)nc2c1CCN(C[C@@H](O)COCc1cccs1)C2. The number of β-amino-alcohol motifs (C(OH)–C–C–N with tert-alkyl or cyclic N) is 1. The van der Waals surface area contributed by atoms with Gasteiger partial charge in [-0.2, -0.15) is 0 Å². The van der Waals surface area contributed by atoms with Crippen molar-refractivity contribution in [3.63, 3.8) is 0 Å². The van der Waals surface area contributed by atoms with Crippen LogP contribution in [-0.2, 0) is 31.4 Å². The van der Waals surface area contributed by atoms with E-state index in [0.29, 0.717) is 25.7 Å². The van der Waals surface area contributed by atoms with E-state index in [2.05, 4.69) is 22.6 Å². The lowest BCUT2D eigenvalue weighted by Gasteiger charge is -2.28. The van der Waals surface area contributed by atoms with E-state index in [-0.39, 0.29) is 0 Å². The van der Waals surface area contributed by atoms with Crippen LogP contribution in [0.2, 0.25) is 0 Å². The summed E-state index contributed by atoms with van der Waals surface area (Å²) in [5.74, 6) is 1.95. The van der Waals surface area contributed by atoms with E-state index in [9.17, 15) is 5.11 Å². The van der Waals surface area contributed by atoms with Crippen LogP contribution in [0.15, 0.2) is 17.5 Å². The van der Waals surface area contributed by atoms with Crippen molar-refractivity contribution in [1.29, 1.82) is 0 Å². The summed E-state index contributed by atoms with van der Waals surface area (Å²) in [6, 6.07) is 4.08. The second-order valence-electron chi connectivity index (χ2n) is 6.93. The molecule has 2 aromatic heterocycles. The molecule has 0 aromatic carbocycles. The molecule has 0 saturated heterocycles. The Morgan fingerprint density at radius 3 is 3.08 bits per heavy atom. The number of ether oxygens (including phenoxy) is 1. The Balaban J connectivity index is 1.27. The molecular formula is C18H25N3O2S. The van der Waals surface area contributed by atoms with E-state index in [0.717, 1.165) is 19.5 Å². The van der Waals surface area contributed by atoms with E-state index >= 15 is 0 Å². The number of aliphatic hydroxyl groups is 1. The molecule has 6 heteroatoms. The summed E-state index contributed by atoms with van der Waals surface area (Å²) < 4.78 is 7.94.